The lowest BCUT2D eigenvalue weighted by atomic mass is 10.2. The molecule has 1 aliphatic rings. The molecule has 0 aliphatic carbocycles. The largest absolute Gasteiger partial charge is 0.457 e. The van der Waals surface area contributed by atoms with E-state index in [0.717, 1.165) is 10.4 Å². The maximum absolute atomic E-state index is 12.6. The smallest absolute Gasteiger partial charge is 0.264 e. The van der Waals surface area contributed by atoms with Gasteiger partial charge in [0.05, 0.1) is 11.4 Å². The maximum atomic E-state index is 12.6. The molecule has 1 N–H and O–H groups in total. The summed E-state index contributed by atoms with van der Waals surface area (Å²) in [5.41, 5.74) is 1.43. The van der Waals surface area contributed by atoms with Gasteiger partial charge in [0.1, 0.15) is 11.5 Å². The average molecular weight is 464 g/mol. The van der Waals surface area contributed by atoms with E-state index in [2.05, 4.69) is 5.32 Å². The van der Waals surface area contributed by atoms with Crippen LogP contribution < -0.4 is 10.1 Å². The average Bonchev–Trinajstić information content (AvgIpc) is 3.29. The number of amides is 3. The van der Waals surface area contributed by atoms with Gasteiger partial charge in [-0.15, -0.1) is 11.3 Å². The van der Waals surface area contributed by atoms with Gasteiger partial charge in [0.25, 0.3) is 11.8 Å². The van der Waals surface area contributed by atoms with Crippen LogP contribution in [0, 0.1) is 6.92 Å². The number of piperazine rings is 1. The van der Waals surface area contributed by atoms with Crippen LogP contribution in [-0.2, 0) is 4.79 Å². The highest BCUT2D eigenvalue weighted by Crippen LogP contribution is 2.21. The molecule has 0 spiro atoms. The Labute approximate surface area is 196 Å². The van der Waals surface area contributed by atoms with Gasteiger partial charge in [-0.2, -0.15) is 0 Å². The molecule has 1 fully saturated rings. The van der Waals surface area contributed by atoms with Gasteiger partial charge in [-0.05, 0) is 60.3 Å². The minimum absolute atomic E-state index is 0.0163. The fraction of sp³-hybridized carbons (Fsp3) is 0.240. The third kappa shape index (κ3) is 5.59. The molecule has 7 nitrogen and oxygen atoms in total. The standard InChI is InChI=1S/C25H25N3O4S/c1-18-11-16-33-23(18)25(31)28-14-12-27(13-15-28)22(29)17-26-24(30)19-7-9-21(10-8-19)32-20-5-3-2-4-6-20/h2-11,16H,12-15,17H2,1H3,(H,26,30). The van der Waals surface area contributed by atoms with Crippen molar-refractivity contribution in [3.05, 3.63) is 82.0 Å². The van der Waals surface area contributed by atoms with E-state index in [1.54, 1.807) is 34.1 Å². The second-order valence-corrected chi connectivity index (χ2v) is 8.64. The van der Waals surface area contributed by atoms with E-state index in [1.165, 1.54) is 11.3 Å². The molecule has 3 aromatic rings. The summed E-state index contributed by atoms with van der Waals surface area (Å²) in [6.07, 6.45) is 0. The highest BCUT2D eigenvalue weighted by Gasteiger charge is 2.26. The Morgan fingerprint density at radius 2 is 1.52 bits per heavy atom. The first-order valence-electron chi connectivity index (χ1n) is 10.7. The molecular formula is C25H25N3O4S. The van der Waals surface area contributed by atoms with Crippen molar-refractivity contribution in [2.24, 2.45) is 0 Å². The zero-order valence-corrected chi connectivity index (χ0v) is 19.1. The second kappa shape index (κ2) is 10.3. The summed E-state index contributed by atoms with van der Waals surface area (Å²) in [5, 5.41) is 4.59. The van der Waals surface area contributed by atoms with Crippen LogP contribution in [0.1, 0.15) is 25.6 Å². The molecule has 8 heteroatoms. The SMILES string of the molecule is Cc1ccsc1C(=O)N1CCN(C(=O)CNC(=O)c2ccc(Oc3ccccc3)cc2)CC1. The van der Waals surface area contributed by atoms with Crippen LogP contribution >= 0.6 is 11.3 Å². The van der Waals surface area contributed by atoms with E-state index < -0.39 is 0 Å². The Kier molecular flexibility index (Phi) is 7.04. The number of ether oxygens (including phenoxy) is 1. The first-order valence-corrected chi connectivity index (χ1v) is 11.6. The number of thiophene rings is 1. The predicted molar refractivity (Wildman–Crippen MR) is 127 cm³/mol. The number of carbonyl (C=O) groups excluding carboxylic acids is 3. The number of nitrogens with zero attached hydrogens (tertiary/aromatic N) is 2. The van der Waals surface area contributed by atoms with Crippen LogP contribution in [0.5, 0.6) is 11.5 Å². The molecule has 2 heterocycles. The summed E-state index contributed by atoms with van der Waals surface area (Å²) in [4.78, 5) is 41.8. The number of carbonyl (C=O) groups is 3. The van der Waals surface area contributed by atoms with Gasteiger partial charge in [-0.3, -0.25) is 14.4 Å². The van der Waals surface area contributed by atoms with Gasteiger partial charge in [0.2, 0.25) is 5.91 Å². The Morgan fingerprint density at radius 3 is 2.15 bits per heavy atom. The summed E-state index contributed by atoms with van der Waals surface area (Å²) in [7, 11) is 0. The molecule has 2 aromatic carbocycles. The van der Waals surface area contributed by atoms with E-state index in [0.29, 0.717) is 43.2 Å². The van der Waals surface area contributed by atoms with Crippen molar-refractivity contribution in [1.82, 2.24) is 15.1 Å². The zero-order valence-electron chi connectivity index (χ0n) is 18.3. The number of benzene rings is 2. The fourth-order valence-corrected chi connectivity index (χ4v) is 4.46. The predicted octanol–water partition coefficient (Wildman–Crippen LogP) is 3.56. The number of hydrogen-bond donors (Lipinski definition) is 1. The molecule has 1 saturated heterocycles. The van der Waals surface area contributed by atoms with Gasteiger partial charge in [-0.1, -0.05) is 18.2 Å². The topological polar surface area (TPSA) is 79.0 Å². The minimum Gasteiger partial charge on any atom is -0.457 e. The molecule has 170 valence electrons. The molecule has 0 bridgehead atoms. The molecular weight excluding hydrogens is 438 g/mol. The lowest BCUT2D eigenvalue weighted by Gasteiger charge is -2.34. The molecule has 0 atom stereocenters. The number of rotatable bonds is 6. The highest BCUT2D eigenvalue weighted by atomic mass is 32.1. The first kappa shape index (κ1) is 22.5. The second-order valence-electron chi connectivity index (χ2n) is 7.73. The number of para-hydroxylation sites is 1. The normalized spacial score (nSPS) is 13.5. The van der Waals surface area contributed by atoms with E-state index in [1.807, 2.05) is 48.7 Å². The van der Waals surface area contributed by atoms with Crippen molar-refractivity contribution in [2.75, 3.05) is 32.7 Å². The molecule has 0 radical (unpaired) electrons. The summed E-state index contributed by atoms with van der Waals surface area (Å²) >= 11 is 1.44. The number of nitrogens with one attached hydrogen (secondary N) is 1. The van der Waals surface area contributed by atoms with Crippen LogP contribution in [0.4, 0.5) is 0 Å². The van der Waals surface area contributed by atoms with Crippen LogP contribution in [0.3, 0.4) is 0 Å². The molecule has 3 amide bonds. The van der Waals surface area contributed by atoms with E-state index in [4.69, 9.17) is 4.74 Å². The van der Waals surface area contributed by atoms with E-state index in [9.17, 15) is 14.4 Å². The van der Waals surface area contributed by atoms with Gasteiger partial charge in [0, 0.05) is 31.7 Å². The van der Waals surface area contributed by atoms with Gasteiger partial charge < -0.3 is 19.9 Å². The van der Waals surface area contributed by atoms with Crippen molar-refractivity contribution in [3.63, 3.8) is 0 Å². The Bertz CT molecular complexity index is 1120. The monoisotopic (exact) mass is 463 g/mol. The molecule has 33 heavy (non-hydrogen) atoms. The van der Waals surface area contributed by atoms with Crippen LogP contribution in [0.2, 0.25) is 0 Å². The van der Waals surface area contributed by atoms with Crippen molar-refractivity contribution in [1.29, 1.82) is 0 Å². The Balaban J connectivity index is 1.23. The van der Waals surface area contributed by atoms with Crippen LogP contribution in [0.25, 0.3) is 0 Å². The summed E-state index contributed by atoms with van der Waals surface area (Å²) in [6, 6.07) is 18.1. The first-order chi connectivity index (χ1) is 16.0. The molecule has 4 rings (SSSR count). The molecule has 1 aliphatic heterocycles. The van der Waals surface area contributed by atoms with Crippen LogP contribution in [-0.4, -0.2) is 60.2 Å². The van der Waals surface area contributed by atoms with E-state index >= 15 is 0 Å². The van der Waals surface area contributed by atoms with Gasteiger partial charge in [-0.25, -0.2) is 0 Å². The summed E-state index contributed by atoms with van der Waals surface area (Å²) < 4.78 is 5.73. The third-order valence-corrected chi connectivity index (χ3v) is 6.48. The Hall–Kier alpha value is -3.65. The fourth-order valence-electron chi connectivity index (χ4n) is 3.56. The number of hydrogen-bond acceptors (Lipinski definition) is 5. The zero-order chi connectivity index (χ0) is 23.2. The molecule has 0 saturated carbocycles. The summed E-state index contributed by atoms with van der Waals surface area (Å²) in [5.74, 6) is 0.873. The third-order valence-electron chi connectivity index (χ3n) is 5.47. The summed E-state index contributed by atoms with van der Waals surface area (Å²) in [6.45, 7) is 3.72. The van der Waals surface area contributed by atoms with Crippen molar-refractivity contribution in [3.8, 4) is 11.5 Å². The van der Waals surface area contributed by atoms with Gasteiger partial charge in [0.15, 0.2) is 0 Å². The van der Waals surface area contributed by atoms with Gasteiger partial charge >= 0.3 is 0 Å². The Morgan fingerprint density at radius 1 is 0.879 bits per heavy atom. The van der Waals surface area contributed by atoms with Crippen LogP contribution in [0.15, 0.2) is 66.0 Å². The highest BCUT2D eigenvalue weighted by molar-refractivity contribution is 7.12. The lowest BCUT2D eigenvalue weighted by Crippen LogP contribution is -2.52. The maximum Gasteiger partial charge on any atom is 0.264 e. The van der Waals surface area contributed by atoms with Crippen molar-refractivity contribution in [2.45, 2.75) is 6.92 Å². The van der Waals surface area contributed by atoms with Crippen molar-refractivity contribution < 1.29 is 19.1 Å². The minimum atomic E-state index is -0.323. The quantitative estimate of drug-likeness (QED) is 0.606. The molecule has 0 unspecified atom stereocenters. The number of aryl methyl sites for hydroxylation is 1. The van der Waals surface area contributed by atoms with E-state index in [-0.39, 0.29) is 24.3 Å². The molecule has 1 aromatic heterocycles. The lowest BCUT2D eigenvalue weighted by molar-refractivity contribution is -0.131. The van der Waals surface area contributed by atoms with Crippen molar-refractivity contribution >= 4 is 29.1 Å².